The van der Waals surface area contributed by atoms with E-state index >= 15 is 0 Å². The average Bonchev–Trinajstić information content (AvgIpc) is 3.21. The standard InChI is InChI=1S/C21H27N3O4S2/c1-3-15(2)23-30(27,28)18-6-4-16(5-7-18)21(26)22-11-8-20(25)24-12-9-19-17(14-24)10-13-29-19/h4-7,10,13,15,23H,3,8-9,11-12,14H2,1-2H3,(H,22,26). The van der Waals surface area contributed by atoms with Crippen LogP contribution in [0, 0.1) is 0 Å². The molecule has 1 aromatic heterocycles. The van der Waals surface area contributed by atoms with Gasteiger partial charge in [-0.2, -0.15) is 0 Å². The van der Waals surface area contributed by atoms with Crippen molar-refractivity contribution in [2.75, 3.05) is 13.1 Å². The Hall–Kier alpha value is -2.23. The van der Waals surface area contributed by atoms with Crippen molar-refractivity contribution in [2.45, 2.75) is 50.6 Å². The summed E-state index contributed by atoms with van der Waals surface area (Å²) in [5.74, 6) is -0.315. The van der Waals surface area contributed by atoms with Crippen LogP contribution in [0.25, 0.3) is 0 Å². The summed E-state index contributed by atoms with van der Waals surface area (Å²) in [6.07, 6.45) is 1.80. The van der Waals surface area contributed by atoms with E-state index in [1.54, 1.807) is 18.3 Å². The molecule has 0 saturated heterocycles. The number of nitrogens with one attached hydrogen (secondary N) is 2. The fraction of sp³-hybridized carbons (Fsp3) is 0.429. The average molecular weight is 450 g/mol. The van der Waals surface area contributed by atoms with Gasteiger partial charge in [0.05, 0.1) is 4.90 Å². The predicted molar refractivity (Wildman–Crippen MR) is 117 cm³/mol. The number of hydrogen-bond donors (Lipinski definition) is 2. The van der Waals surface area contributed by atoms with Crippen molar-refractivity contribution in [3.63, 3.8) is 0 Å². The van der Waals surface area contributed by atoms with E-state index in [4.69, 9.17) is 0 Å². The molecule has 2 N–H and O–H groups in total. The number of fused-ring (bicyclic) bond motifs is 1. The van der Waals surface area contributed by atoms with Gasteiger partial charge < -0.3 is 10.2 Å². The molecule has 7 nitrogen and oxygen atoms in total. The lowest BCUT2D eigenvalue weighted by atomic mass is 10.1. The van der Waals surface area contributed by atoms with Crippen LogP contribution in [0.4, 0.5) is 0 Å². The molecule has 30 heavy (non-hydrogen) atoms. The summed E-state index contributed by atoms with van der Waals surface area (Å²) in [7, 11) is -3.60. The molecule has 0 aliphatic carbocycles. The highest BCUT2D eigenvalue weighted by molar-refractivity contribution is 7.89. The highest BCUT2D eigenvalue weighted by Gasteiger charge is 2.21. The van der Waals surface area contributed by atoms with Gasteiger partial charge in [0.25, 0.3) is 5.91 Å². The van der Waals surface area contributed by atoms with Crippen LogP contribution in [0.15, 0.2) is 40.6 Å². The fourth-order valence-electron chi connectivity index (χ4n) is 3.21. The quantitative estimate of drug-likeness (QED) is 0.647. The lowest BCUT2D eigenvalue weighted by Gasteiger charge is -2.27. The van der Waals surface area contributed by atoms with E-state index in [1.807, 2.05) is 11.8 Å². The fourth-order valence-corrected chi connectivity index (χ4v) is 5.42. The summed E-state index contributed by atoms with van der Waals surface area (Å²) in [4.78, 5) is 28.0. The molecule has 162 valence electrons. The van der Waals surface area contributed by atoms with Gasteiger partial charge >= 0.3 is 0 Å². The maximum absolute atomic E-state index is 12.4. The van der Waals surface area contributed by atoms with Gasteiger partial charge in [-0.15, -0.1) is 11.3 Å². The van der Waals surface area contributed by atoms with Gasteiger partial charge in [-0.3, -0.25) is 9.59 Å². The molecule has 3 rings (SSSR count). The van der Waals surface area contributed by atoms with Crippen LogP contribution in [0.5, 0.6) is 0 Å². The third-order valence-electron chi connectivity index (χ3n) is 5.18. The summed E-state index contributed by atoms with van der Waals surface area (Å²) in [6, 6.07) is 7.68. The zero-order valence-electron chi connectivity index (χ0n) is 17.2. The Morgan fingerprint density at radius 3 is 2.63 bits per heavy atom. The van der Waals surface area contributed by atoms with Crippen molar-refractivity contribution in [1.82, 2.24) is 14.9 Å². The molecule has 1 aromatic carbocycles. The predicted octanol–water partition coefficient (Wildman–Crippen LogP) is 2.53. The SMILES string of the molecule is CCC(C)NS(=O)(=O)c1ccc(C(=O)NCCC(=O)N2CCc3sccc3C2)cc1. The third-order valence-corrected chi connectivity index (χ3v) is 7.81. The topological polar surface area (TPSA) is 95.6 Å². The van der Waals surface area contributed by atoms with E-state index in [0.29, 0.717) is 25.1 Å². The van der Waals surface area contributed by atoms with Gasteiger partial charge in [0.1, 0.15) is 0 Å². The van der Waals surface area contributed by atoms with Gasteiger partial charge in [0, 0.05) is 42.5 Å². The van der Waals surface area contributed by atoms with Crippen molar-refractivity contribution in [2.24, 2.45) is 0 Å². The first-order valence-corrected chi connectivity index (χ1v) is 12.4. The van der Waals surface area contributed by atoms with E-state index in [2.05, 4.69) is 21.5 Å². The van der Waals surface area contributed by atoms with E-state index < -0.39 is 10.0 Å². The van der Waals surface area contributed by atoms with Crippen LogP contribution in [0.1, 0.15) is 47.5 Å². The smallest absolute Gasteiger partial charge is 0.251 e. The Kier molecular flexibility index (Phi) is 7.27. The van der Waals surface area contributed by atoms with E-state index in [9.17, 15) is 18.0 Å². The third kappa shape index (κ3) is 5.47. The van der Waals surface area contributed by atoms with Crippen molar-refractivity contribution in [3.8, 4) is 0 Å². The molecule has 1 unspecified atom stereocenters. The molecule has 0 radical (unpaired) electrons. The largest absolute Gasteiger partial charge is 0.352 e. The summed E-state index contributed by atoms with van der Waals surface area (Å²) in [5, 5.41) is 4.78. The Bertz CT molecular complexity index is 1000. The van der Waals surface area contributed by atoms with Crippen LogP contribution >= 0.6 is 11.3 Å². The first-order valence-electron chi connectivity index (χ1n) is 10.0. The first kappa shape index (κ1) is 22.5. The van der Waals surface area contributed by atoms with Crippen molar-refractivity contribution in [3.05, 3.63) is 51.7 Å². The van der Waals surface area contributed by atoms with Gasteiger partial charge in [-0.05, 0) is 61.0 Å². The number of rotatable bonds is 8. The summed E-state index contributed by atoms with van der Waals surface area (Å²) in [5.41, 5.74) is 1.56. The van der Waals surface area contributed by atoms with Crippen LogP contribution < -0.4 is 10.0 Å². The van der Waals surface area contributed by atoms with Crippen molar-refractivity contribution in [1.29, 1.82) is 0 Å². The normalized spacial score (nSPS) is 14.8. The Morgan fingerprint density at radius 2 is 1.93 bits per heavy atom. The Labute approximate surface area is 181 Å². The molecule has 9 heteroatoms. The molecule has 1 aliphatic rings. The van der Waals surface area contributed by atoms with Gasteiger partial charge in [0.2, 0.25) is 15.9 Å². The molecule has 0 bridgehead atoms. The van der Waals surface area contributed by atoms with Crippen LogP contribution in [0.3, 0.4) is 0 Å². The number of carbonyl (C=O) groups is 2. The summed E-state index contributed by atoms with van der Waals surface area (Å²) >= 11 is 1.73. The molecule has 1 aliphatic heterocycles. The second kappa shape index (κ2) is 9.72. The molecule has 2 amide bonds. The van der Waals surface area contributed by atoms with E-state index in [0.717, 1.165) is 6.42 Å². The molecule has 0 fully saturated rings. The van der Waals surface area contributed by atoms with Crippen LogP contribution in [0.2, 0.25) is 0 Å². The van der Waals surface area contributed by atoms with Crippen LogP contribution in [-0.4, -0.2) is 44.3 Å². The second-order valence-corrected chi connectivity index (χ2v) is 10.1. The van der Waals surface area contributed by atoms with Gasteiger partial charge in [-0.1, -0.05) is 6.92 Å². The maximum Gasteiger partial charge on any atom is 0.251 e. The van der Waals surface area contributed by atoms with Gasteiger partial charge in [0.15, 0.2) is 0 Å². The van der Waals surface area contributed by atoms with Gasteiger partial charge in [-0.25, -0.2) is 13.1 Å². The van der Waals surface area contributed by atoms with Crippen molar-refractivity contribution < 1.29 is 18.0 Å². The Morgan fingerprint density at radius 1 is 1.20 bits per heavy atom. The number of benzene rings is 1. The molecule has 0 spiro atoms. The number of amides is 2. The Balaban J connectivity index is 1.49. The lowest BCUT2D eigenvalue weighted by molar-refractivity contribution is -0.131. The van der Waals surface area contributed by atoms with E-state index in [-0.39, 0.29) is 35.7 Å². The van der Waals surface area contributed by atoms with E-state index in [1.165, 1.54) is 34.7 Å². The zero-order valence-corrected chi connectivity index (χ0v) is 18.8. The molecule has 2 aromatic rings. The molecular formula is C21H27N3O4S2. The molecule has 0 saturated carbocycles. The number of hydrogen-bond acceptors (Lipinski definition) is 5. The number of carbonyl (C=O) groups excluding carboxylic acids is 2. The zero-order chi connectivity index (χ0) is 21.7. The number of nitrogens with zero attached hydrogens (tertiary/aromatic N) is 1. The number of sulfonamides is 1. The first-order chi connectivity index (χ1) is 14.3. The van der Waals surface area contributed by atoms with Crippen LogP contribution in [-0.2, 0) is 27.8 Å². The maximum atomic E-state index is 12.4. The molecular weight excluding hydrogens is 422 g/mol. The lowest BCUT2D eigenvalue weighted by Crippen LogP contribution is -2.37. The number of thiophene rings is 1. The summed E-state index contributed by atoms with van der Waals surface area (Å²) < 4.78 is 27.2. The summed E-state index contributed by atoms with van der Waals surface area (Å²) in [6.45, 7) is 5.27. The van der Waals surface area contributed by atoms with Crippen molar-refractivity contribution >= 4 is 33.2 Å². The molecule has 1 atom stereocenters. The highest BCUT2D eigenvalue weighted by Crippen LogP contribution is 2.24. The molecule has 2 heterocycles. The minimum atomic E-state index is -3.60. The second-order valence-electron chi connectivity index (χ2n) is 7.40. The minimum Gasteiger partial charge on any atom is -0.352 e. The monoisotopic (exact) mass is 449 g/mol. The highest BCUT2D eigenvalue weighted by atomic mass is 32.2. The minimum absolute atomic E-state index is 0.0182.